The summed E-state index contributed by atoms with van der Waals surface area (Å²) in [5.41, 5.74) is 0. The number of aliphatic hydroxyl groups excluding tert-OH is 2. The van der Waals surface area contributed by atoms with Gasteiger partial charge in [-0.3, -0.25) is 10.3 Å². The average Bonchev–Trinajstić information content (AvgIpc) is 2.92. The van der Waals surface area contributed by atoms with Gasteiger partial charge in [0.2, 0.25) is 0 Å². The Morgan fingerprint density at radius 3 is 3.11 bits per heavy atom. The minimum atomic E-state index is -2.39. The van der Waals surface area contributed by atoms with Crippen LogP contribution in [-0.2, 0) is 4.74 Å². The number of aliphatic hydroxyl groups is 2. The van der Waals surface area contributed by atoms with E-state index in [-0.39, 0.29) is 18.9 Å². The third-order valence-electron chi connectivity index (χ3n) is 3.28. The summed E-state index contributed by atoms with van der Waals surface area (Å²) in [7, 11) is 0. The number of hydrogen-bond donors (Lipinski definition) is 3. The second-order valence-corrected chi connectivity index (χ2v) is 4.43. The van der Waals surface area contributed by atoms with E-state index in [0.717, 1.165) is 6.34 Å². The molecular formula is C10H12FN5O3. The summed E-state index contributed by atoms with van der Waals surface area (Å²) < 4.78 is 19.9. The number of hydrogen-bond acceptors (Lipinski definition) is 7. The van der Waals surface area contributed by atoms with Gasteiger partial charge in [0.15, 0.2) is 11.7 Å². The van der Waals surface area contributed by atoms with Crippen LogP contribution in [0.5, 0.6) is 0 Å². The van der Waals surface area contributed by atoms with Crippen LogP contribution in [0.2, 0.25) is 0 Å². The van der Waals surface area contributed by atoms with Crippen LogP contribution in [0.3, 0.4) is 0 Å². The van der Waals surface area contributed by atoms with Crippen molar-refractivity contribution in [2.24, 2.45) is 15.0 Å². The molecule has 0 spiro atoms. The molecular weight excluding hydrogens is 257 g/mol. The molecule has 0 aliphatic carbocycles. The van der Waals surface area contributed by atoms with Gasteiger partial charge < -0.3 is 14.9 Å². The highest BCUT2D eigenvalue weighted by atomic mass is 19.1. The summed E-state index contributed by atoms with van der Waals surface area (Å²) in [6.45, 7) is -0.326. The summed E-state index contributed by atoms with van der Waals surface area (Å²) in [6.07, 6.45) is 0.217. The van der Waals surface area contributed by atoms with Gasteiger partial charge >= 0.3 is 5.79 Å². The van der Waals surface area contributed by atoms with Crippen molar-refractivity contribution >= 4 is 24.3 Å². The number of nitrogens with zero attached hydrogens (tertiary/aromatic N) is 4. The van der Waals surface area contributed by atoms with Crippen LogP contribution in [0.25, 0.3) is 0 Å². The summed E-state index contributed by atoms with van der Waals surface area (Å²) in [6, 6.07) is 0. The highest BCUT2D eigenvalue weighted by molar-refractivity contribution is 6.22. The van der Waals surface area contributed by atoms with Gasteiger partial charge in [0, 0.05) is 6.42 Å². The fourth-order valence-electron chi connectivity index (χ4n) is 2.23. The second kappa shape index (κ2) is 4.15. The first-order valence-electron chi connectivity index (χ1n) is 5.73. The molecule has 8 nitrogen and oxygen atoms in total. The molecule has 19 heavy (non-hydrogen) atoms. The maximum Gasteiger partial charge on any atom is 0.318 e. The number of nitrogens with one attached hydrogen (secondary N) is 1. The molecule has 9 heteroatoms. The van der Waals surface area contributed by atoms with E-state index in [1.54, 1.807) is 0 Å². The van der Waals surface area contributed by atoms with Crippen molar-refractivity contribution in [1.82, 2.24) is 4.90 Å². The number of aliphatic imine (C=N–C) groups is 3. The number of halogens is 1. The monoisotopic (exact) mass is 269 g/mol. The molecule has 102 valence electrons. The van der Waals surface area contributed by atoms with Crippen LogP contribution in [0, 0.1) is 5.41 Å². The van der Waals surface area contributed by atoms with Crippen LogP contribution in [-0.4, -0.2) is 70.3 Å². The molecule has 1 unspecified atom stereocenters. The Morgan fingerprint density at radius 2 is 2.42 bits per heavy atom. The normalized spacial score (nSPS) is 40.8. The van der Waals surface area contributed by atoms with Gasteiger partial charge in [-0.15, -0.1) is 0 Å². The first-order chi connectivity index (χ1) is 9.06. The predicted octanol–water partition coefficient (Wildman–Crippen LogP) is -1.12. The quantitative estimate of drug-likeness (QED) is 0.551. The van der Waals surface area contributed by atoms with Gasteiger partial charge in [-0.1, -0.05) is 0 Å². The lowest BCUT2D eigenvalue weighted by atomic mass is 10.1. The van der Waals surface area contributed by atoms with E-state index in [0.29, 0.717) is 0 Å². The number of amidine groups is 2. The minimum absolute atomic E-state index is 0.108. The van der Waals surface area contributed by atoms with Crippen molar-refractivity contribution in [3.8, 4) is 0 Å². The number of alkyl halides is 1. The van der Waals surface area contributed by atoms with Crippen molar-refractivity contribution in [1.29, 1.82) is 5.41 Å². The Kier molecular flexibility index (Phi) is 2.69. The van der Waals surface area contributed by atoms with Crippen LogP contribution < -0.4 is 0 Å². The van der Waals surface area contributed by atoms with Crippen molar-refractivity contribution in [2.45, 2.75) is 30.6 Å². The molecule has 0 radical (unpaired) electrons. The van der Waals surface area contributed by atoms with Crippen LogP contribution in [0.4, 0.5) is 4.39 Å². The number of ether oxygens (including phenoxy) is 1. The smallest absolute Gasteiger partial charge is 0.318 e. The Hall–Kier alpha value is -1.71. The van der Waals surface area contributed by atoms with Gasteiger partial charge in [-0.2, -0.15) is 4.39 Å². The SMILES string of the molecule is N=C1N=CN=C2N([C@H]3C[C@H](O)[C@@H](CO)O3)C=NC12F. The second-order valence-electron chi connectivity index (χ2n) is 4.43. The zero-order valence-corrected chi connectivity index (χ0v) is 9.77. The summed E-state index contributed by atoms with van der Waals surface area (Å²) in [5.74, 6) is -3.04. The first kappa shape index (κ1) is 12.3. The van der Waals surface area contributed by atoms with Crippen LogP contribution in [0.1, 0.15) is 6.42 Å². The Balaban J connectivity index is 1.85. The first-order valence-corrected chi connectivity index (χ1v) is 5.73. The van der Waals surface area contributed by atoms with Gasteiger partial charge in [-0.05, 0) is 0 Å². The van der Waals surface area contributed by atoms with E-state index < -0.39 is 30.1 Å². The summed E-state index contributed by atoms with van der Waals surface area (Å²) in [4.78, 5) is 12.2. The molecule has 4 atom stereocenters. The zero-order valence-electron chi connectivity index (χ0n) is 9.77. The lowest BCUT2D eigenvalue weighted by Crippen LogP contribution is -2.48. The Morgan fingerprint density at radius 1 is 1.63 bits per heavy atom. The van der Waals surface area contributed by atoms with Crippen LogP contribution in [0.15, 0.2) is 15.0 Å². The minimum Gasteiger partial charge on any atom is -0.394 e. The molecule has 0 aromatic rings. The van der Waals surface area contributed by atoms with Crippen molar-refractivity contribution in [3.05, 3.63) is 0 Å². The molecule has 0 bridgehead atoms. The predicted molar refractivity (Wildman–Crippen MR) is 64.2 cm³/mol. The molecule has 1 fully saturated rings. The molecule has 3 rings (SSSR count). The van der Waals surface area contributed by atoms with Gasteiger partial charge in [-0.25, -0.2) is 15.0 Å². The molecule has 3 N–H and O–H groups in total. The van der Waals surface area contributed by atoms with Crippen molar-refractivity contribution in [3.63, 3.8) is 0 Å². The third-order valence-corrected chi connectivity index (χ3v) is 3.28. The fraction of sp³-hybridized carbons (Fsp3) is 0.600. The molecule has 3 aliphatic rings. The van der Waals surface area contributed by atoms with Crippen molar-refractivity contribution < 1.29 is 19.3 Å². The van der Waals surface area contributed by atoms with E-state index >= 15 is 0 Å². The fourth-order valence-corrected chi connectivity index (χ4v) is 2.23. The summed E-state index contributed by atoms with van der Waals surface area (Å²) >= 11 is 0. The number of rotatable bonds is 2. The highest BCUT2D eigenvalue weighted by Gasteiger charge is 2.52. The van der Waals surface area contributed by atoms with E-state index in [1.807, 2.05) is 0 Å². The highest BCUT2D eigenvalue weighted by Crippen LogP contribution is 2.32. The lowest BCUT2D eigenvalue weighted by molar-refractivity contribution is -0.0437. The van der Waals surface area contributed by atoms with E-state index in [4.69, 9.17) is 15.3 Å². The van der Waals surface area contributed by atoms with Crippen molar-refractivity contribution in [2.75, 3.05) is 6.61 Å². The van der Waals surface area contributed by atoms with Crippen LogP contribution >= 0.6 is 0 Å². The Bertz CT molecular complexity index is 507. The molecule has 0 saturated carbocycles. The standard InChI is InChI=1S/C10H12FN5O3/c11-10-8(12)13-3-14-9(10)16(4-15-10)7-1-5(18)6(2-17)19-7/h3-7,12,17-18H,1-2H2/t5-,6+,7+,10?/m0/s1. The molecule has 0 amide bonds. The average molecular weight is 269 g/mol. The van der Waals surface area contributed by atoms with Gasteiger partial charge in [0.1, 0.15) is 18.7 Å². The van der Waals surface area contributed by atoms with E-state index in [2.05, 4.69) is 15.0 Å². The lowest BCUT2D eigenvalue weighted by Gasteiger charge is -2.27. The third kappa shape index (κ3) is 1.70. The number of fused-ring (bicyclic) bond motifs is 1. The molecule has 0 aromatic carbocycles. The molecule has 3 aliphatic heterocycles. The van der Waals surface area contributed by atoms with Gasteiger partial charge in [0.05, 0.1) is 19.0 Å². The zero-order chi connectivity index (χ0) is 13.6. The maximum atomic E-state index is 14.5. The Labute approximate surface area is 107 Å². The molecule has 3 heterocycles. The maximum absolute atomic E-state index is 14.5. The summed E-state index contributed by atoms with van der Waals surface area (Å²) in [5, 5.41) is 26.2. The largest absolute Gasteiger partial charge is 0.394 e. The topological polar surface area (TPSA) is 114 Å². The molecule has 0 aromatic heterocycles. The van der Waals surface area contributed by atoms with E-state index in [9.17, 15) is 9.50 Å². The van der Waals surface area contributed by atoms with Gasteiger partial charge in [0.25, 0.3) is 0 Å². The van der Waals surface area contributed by atoms with E-state index in [1.165, 1.54) is 11.2 Å². The molecule has 1 saturated heterocycles.